The van der Waals surface area contributed by atoms with E-state index in [9.17, 15) is 0 Å². The van der Waals surface area contributed by atoms with E-state index in [0.717, 1.165) is 61.0 Å². The summed E-state index contributed by atoms with van der Waals surface area (Å²) in [6, 6.07) is 5.61. The van der Waals surface area contributed by atoms with Crippen LogP contribution in [0.15, 0.2) is 24.5 Å². The van der Waals surface area contributed by atoms with Crippen LogP contribution in [-0.4, -0.2) is 45.4 Å². The molecule has 5 rings (SSSR count). The highest BCUT2D eigenvalue weighted by atomic mass is 35.5. The van der Waals surface area contributed by atoms with Crippen molar-refractivity contribution in [2.45, 2.75) is 39.7 Å². The largest absolute Gasteiger partial charge is 0.378 e. The van der Waals surface area contributed by atoms with Crippen molar-refractivity contribution in [3.63, 3.8) is 0 Å². The Hall–Kier alpha value is -1.19. The molecule has 0 amide bonds. The molecule has 3 aromatic rings. The third-order valence-corrected chi connectivity index (χ3v) is 8.00. The monoisotopic (exact) mass is 513 g/mol. The van der Waals surface area contributed by atoms with E-state index in [1.807, 2.05) is 23.5 Å². The fourth-order valence-electron chi connectivity index (χ4n) is 5.03. The number of hydrogen-bond donors (Lipinski definition) is 0. The van der Waals surface area contributed by atoms with Gasteiger partial charge in [0.05, 0.1) is 28.5 Å². The Morgan fingerprint density at radius 2 is 1.84 bits per heavy atom. The fraction of sp³-hybridized carbons (Fsp3) is 0.500. The highest BCUT2D eigenvalue weighted by Gasteiger charge is 2.47. The molecule has 0 radical (unpaired) electrons. The van der Waals surface area contributed by atoms with Gasteiger partial charge in [0.15, 0.2) is 5.65 Å². The number of halogens is 2. The van der Waals surface area contributed by atoms with E-state index in [4.69, 9.17) is 32.9 Å². The average molecular weight is 515 g/mol. The van der Waals surface area contributed by atoms with Crippen molar-refractivity contribution in [1.82, 2.24) is 19.6 Å². The number of ether oxygens (including phenoxy) is 1. The lowest BCUT2D eigenvalue weighted by atomic mass is 9.70. The van der Waals surface area contributed by atoms with E-state index in [1.54, 1.807) is 12.4 Å². The van der Waals surface area contributed by atoms with Crippen LogP contribution in [0.4, 0.5) is 5.95 Å². The molecule has 0 aliphatic carbocycles. The van der Waals surface area contributed by atoms with Crippen LogP contribution >= 0.6 is 50.2 Å². The van der Waals surface area contributed by atoms with Crippen LogP contribution in [0.2, 0.25) is 10.0 Å². The van der Waals surface area contributed by atoms with Crippen molar-refractivity contribution in [2.75, 3.05) is 24.6 Å². The van der Waals surface area contributed by atoms with Crippen molar-refractivity contribution in [3.8, 4) is 11.1 Å². The molecule has 0 saturated carbocycles. The molecule has 2 saturated heterocycles. The summed E-state index contributed by atoms with van der Waals surface area (Å²) < 4.78 is 7.95. The van der Waals surface area contributed by atoms with Gasteiger partial charge in [-0.1, -0.05) is 42.3 Å². The second-order valence-corrected chi connectivity index (χ2v) is 9.44. The second kappa shape index (κ2) is 9.58. The van der Waals surface area contributed by atoms with Gasteiger partial charge >= 0.3 is 0 Å². The summed E-state index contributed by atoms with van der Waals surface area (Å²) in [4.78, 5) is 7.31. The Bertz CT molecular complexity index is 1120. The molecule has 0 bridgehead atoms. The maximum absolute atomic E-state index is 6.51. The molecule has 174 valence electrons. The van der Waals surface area contributed by atoms with E-state index < -0.39 is 0 Å². The van der Waals surface area contributed by atoms with Crippen LogP contribution in [0.3, 0.4) is 0 Å². The number of aromatic nitrogens is 4. The van der Waals surface area contributed by atoms with Gasteiger partial charge < -0.3 is 9.64 Å². The number of aryl methyl sites for hydroxylation is 1. The maximum Gasteiger partial charge on any atom is 0.212 e. The minimum atomic E-state index is 0. The van der Waals surface area contributed by atoms with Crippen molar-refractivity contribution in [3.05, 3.63) is 40.3 Å². The van der Waals surface area contributed by atoms with Gasteiger partial charge in [-0.2, -0.15) is 27.0 Å². The topological polar surface area (TPSA) is 55.6 Å². The van der Waals surface area contributed by atoms with E-state index >= 15 is 0 Å². The molecule has 2 aliphatic heterocycles. The Labute approximate surface area is 212 Å². The van der Waals surface area contributed by atoms with Gasteiger partial charge in [0.2, 0.25) is 5.95 Å². The summed E-state index contributed by atoms with van der Waals surface area (Å²) in [6.45, 7) is 9.26. The number of anilines is 1. The normalized spacial score (nSPS) is 22.1. The van der Waals surface area contributed by atoms with Gasteiger partial charge in [-0.25, -0.2) is 4.98 Å². The Balaban J connectivity index is 0.00000144. The van der Waals surface area contributed by atoms with E-state index in [1.165, 1.54) is 0 Å². The lowest BCUT2D eigenvalue weighted by Gasteiger charge is -2.42. The first-order valence-corrected chi connectivity index (χ1v) is 11.2. The standard InChI is InChI=1S/C22H25Cl2N5O.2H2S/c1-13-15(3)30-11-22(13)7-9-28(10-8-22)21-26-14(2)18(20-27-25-12-29(20)21)16-5-4-6-17(23)19(16)24;;/h4-6,12-13,15H,7-11H2,1-3H3;2*1H2/t13-,15+;;/m1../s1. The molecule has 32 heavy (non-hydrogen) atoms. The van der Waals surface area contributed by atoms with Crippen LogP contribution in [-0.2, 0) is 4.74 Å². The van der Waals surface area contributed by atoms with Crippen LogP contribution in [0, 0.1) is 18.3 Å². The molecule has 10 heteroatoms. The molecule has 2 aliphatic rings. The van der Waals surface area contributed by atoms with Crippen molar-refractivity contribution < 1.29 is 4.74 Å². The van der Waals surface area contributed by atoms with E-state index in [2.05, 4.69) is 28.9 Å². The highest BCUT2D eigenvalue weighted by molar-refractivity contribution is 7.59. The third kappa shape index (κ3) is 3.98. The number of fused-ring (bicyclic) bond motifs is 1. The molecular formula is C22H29Cl2N5OS2. The molecule has 2 aromatic heterocycles. The SMILES string of the molecule is Cc1nc(N2CCC3(CC2)CO[C@@H](C)[C@H]3C)n2cnnc2c1-c1cccc(Cl)c1Cl.S.S. The zero-order chi connectivity index (χ0) is 21.0. The fourth-order valence-corrected chi connectivity index (χ4v) is 5.43. The lowest BCUT2D eigenvalue weighted by molar-refractivity contribution is 0.0968. The summed E-state index contributed by atoms with van der Waals surface area (Å²) in [5.74, 6) is 1.46. The zero-order valence-electron chi connectivity index (χ0n) is 18.4. The van der Waals surface area contributed by atoms with E-state index in [-0.39, 0.29) is 32.4 Å². The summed E-state index contributed by atoms with van der Waals surface area (Å²) in [6.07, 6.45) is 4.27. The van der Waals surface area contributed by atoms with Gasteiger partial charge in [-0.3, -0.25) is 4.40 Å². The Morgan fingerprint density at radius 1 is 1.12 bits per heavy atom. The summed E-state index contributed by atoms with van der Waals surface area (Å²) in [7, 11) is 0. The zero-order valence-corrected chi connectivity index (χ0v) is 21.9. The number of piperidine rings is 1. The number of hydrogen-bond acceptors (Lipinski definition) is 5. The van der Waals surface area contributed by atoms with Crippen molar-refractivity contribution in [1.29, 1.82) is 0 Å². The van der Waals surface area contributed by atoms with Crippen molar-refractivity contribution in [2.24, 2.45) is 11.3 Å². The molecule has 6 nitrogen and oxygen atoms in total. The van der Waals surface area contributed by atoms with Gasteiger partial charge in [0, 0.05) is 29.6 Å². The second-order valence-electron chi connectivity index (χ2n) is 8.65. The molecule has 0 unspecified atom stereocenters. The minimum Gasteiger partial charge on any atom is -0.378 e. The Kier molecular flexibility index (Phi) is 7.62. The van der Waals surface area contributed by atoms with Gasteiger partial charge in [0.1, 0.15) is 6.33 Å². The highest BCUT2D eigenvalue weighted by Crippen LogP contribution is 2.47. The number of rotatable bonds is 2. The third-order valence-electron chi connectivity index (χ3n) is 7.18. The number of benzene rings is 1. The van der Waals surface area contributed by atoms with Crippen LogP contribution in [0.25, 0.3) is 16.8 Å². The molecule has 2 fully saturated rings. The van der Waals surface area contributed by atoms with Crippen molar-refractivity contribution >= 4 is 61.8 Å². The van der Waals surface area contributed by atoms with Crippen LogP contribution in [0.1, 0.15) is 32.4 Å². The molecular weight excluding hydrogens is 485 g/mol. The lowest BCUT2D eigenvalue weighted by Crippen LogP contribution is -2.44. The van der Waals surface area contributed by atoms with Gasteiger partial charge in [-0.05, 0) is 38.7 Å². The first kappa shape index (κ1) is 25.4. The van der Waals surface area contributed by atoms with E-state index in [0.29, 0.717) is 22.1 Å². The summed E-state index contributed by atoms with van der Waals surface area (Å²) >= 11 is 12.8. The summed E-state index contributed by atoms with van der Waals surface area (Å²) in [5.41, 5.74) is 3.58. The molecule has 1 aromatic carbocycles. The molecule has 1 spiro atoms. The average Bonchev–Trinajstić information content (AvgIpc) is 3.32. The predicted octanol–water partition coefficient (Wildman–Crippen LogP) is 5.27. The molecule has 0 N–H and O–H groups in total. The predicted molar refractivity (Wildman–Crippen MR) is 140 cm³/mol. The number of nitrogens with zero attached hydrogens (tertiary/aromatic N) is 5. The quantitative estimate of drug-likeness (QED) is 0.466. The first-order chi connectivity index (χ1) is 14.4. The van der Waals surface area contributed by atoms with Crippen LogP contribution < -0.4 is 4.90 Å². The Morgan fingerprint density at radius 3 is 2.50 bits per heavy atom. The first-order valence-electron chi connectivity index (χ1n) is 10.4. The smallest absolute Gasteiger partial charge is 0.212 e. The minimum absolute atomic E-state index is 0. The van der Waals surface area contributed by atoms with Crippen LogP contribution in [0.5, 0.6) is 0 Å². The maximum atomic E-state index is 6.51. The molecule has 4 heterocycles. The van der Waals surface area contributed by atoms with Gasteiger partial charge in [0.25, 0.3) is 0 Å². The molecule has 2 atom stereocenters. The summed E-state index contributed by atoms with van der Waals surface area (Å²) in [5, 5.41) is 9.60. The van der Waals surface area contributed by atoms with Gasteiger partial charge in [-0.15, -0.1) is 10.2 Å².